The summed E-state index contributed by atoms with van der Waals surface area (Å²) < 4.78 is 0. The fraction of sp³-hybridized carbons (Fsp3) is 0.174. The van der Waals surface area contributed by atoms with E-state index in [9.17, 15) is 4.79 Å². The van der Waals surface area contributed by atoms with Crippen LogP contribution in [0.1, 0.15) is 36.4 Å². The maximum Gasteiger partial charge on any atom is 0.163 e. The summed E-state index contributed by atoms with van der Waals surface area (Å²) in [6.45, 7) is 0. The van der Waals surface area contributed by atoms with Gasteiger partial charge in [0.25, 0.3) is 0 Å². The lowest BCUT2D eigenvalue weighted by Gasteiger charge is -2.35. The van der Waals surface area contributed by atoms with E-state index < -0.39 is 0 Å². The molecule has 3 aromatic rings. The molecule has 1 atom stereocenters. The predicted octanol–water partition coefficient (Wildman–Crippen LogP) is 6.17. The average molecular weight is 360 g/mol. The molecule has 0 saturated carbocycles. The highest BCUT2D eigenvalue weighted by Crippen LogP contribution is 2.47. The first-order valence-corrected chi connectivity index (χ1v) is 9.40. The van der Waals surface area contributed by atoms with Gasteiger partial charge in [0.1, 0.15) is 0 Å². The van der Waals surface area contributed by atoms with Crippen molar-refractivity contribution < 1.29 is 4.79 Å². The van der Waals surface area contributed by atoms with Crippen molar-refractivity contribution in [2.75, 3.05) is 5.32 Å². The third-order valence-electron chi connectivity index (χ3n) is 5.48. The molecule has 26 heavy (non-hydrogen) atoms. The Morgan fingerprint density at radius 1 is 0.923 bits per heavy atom. The fourth-order valence-corrected chi connectivity index (χ4v) is 4.43. The molecular weight excluding hydrogens is 342 g/mol. The van der Waals surface area contributed by atoms with Crippen LogP contribution in [0.3, 0.4) is 0 Å². The zero-order valence-corrected chi connectivity index (χ0v) is 15.0. The Balaban J connectivity index is 1.78. The smallest absolute Gasteiger partial charge is 0.163 e. The quantitative estimate of drug-likeness (QED) is 0.563. The number of benzene rings is 3. The van der Waals surface area contributed by atoms with Crippen LogP contribution < -0.4 is 5.32 Å². The van der Waals surface area contributed by atoms with Crippen molar-refractivity contribution in [2.45, 2.75) is 25.3 Å². The molecule has 2 nitrogen and oxygen atoms in total. The Morgan fingerprint density at radius 3 is 2.58 bits per heavy atom. The number of anilines is 1. The van der Waals surface area contributed by atoms with Crippen LogP contribution >= 0.6 is 11.6 Å². The van der Waals surface area contributed by atoms with Crippen molar-refractivity contribution in [3.05, 3.63) is 82.4 Å². The molecule has 128 valence electrons. The molecule has 5 rings (SSSR count). The Kier molecular flexibility index (Phi) is 3.61. The van der Waals surface area contributed by atoms with Crippen molar-refractivity contribution in [1.82, 2.24) is 0 Å². The van der Waals surface area contributed by atoms with E-state index in [0.29, 0.717) is 6.42 Å². The van der Waals surface area contributed by atoms with Crippen LogP contribution in [0.4, 0.5) is 5.69 Å². The van der Waals surface area contributed by atoms with Gasteiger partial charge in [0.2, 0.25) is 0 Å². The van der Waals surface area contributed by atoms with E-state index >= 15 is 0 Å². The SMILES string of the molecule is O=C1CCCC2=C1c1c(ccc3ccccc13)N[C@@H]2c1ccc(Cl)cc1. The molecular formula is C23H18ClNO. The van der Waals surface area contributed by atoms with Crippen LogP contribution in [0.2, 0.25) is 5.02 Å². The Bertz CT molecular complexity index is 1070. The largest absolute Gasteiger partial charge is 0.374 e. The van der Waals surface area contributed by atoms with Gasteiger partial charge in [0.15, 0.2) is 5.78 Å². The maximum atomic E-state index is 13.0. The Hall–Kier alpha value is -2.58. The number of carbonyl (C=O) groups is 1. The Morgan fingerprint density at radius 2 is 1.73 bits per heavy atom. The van der Waals surface area contributed by atoms with E-state index in [4.69, 9.17) is 11.6 Å². The molecule has 1 aliphatic heterocycles. The highest BCUT2D eigenvalue weighted by molar-refractivity contribution is 6.30. The van der Waals surface area contributed by atoms with E-state index in [2.05, 4.69) is 41.7 Å². The number of carbonyl (C=O) groups excluding carboxylic acids is 1. The molecule has 0 bridgehead atoms. The minimum atomic E-state index is 0.0279. The molecule has 1 aliphatic carbocycles. The van der Waals surface area contributed by atoms with E-state index in [-0.39, 0.29) is 11.8 Å². The molecule has 1 heterocycles. The fourth-order valence-electron chi connectivity index (χ4n) is 4.30. The van der Waals surface area contributed by atoms with Crippen molar-refractivity contribution in [2.24, 2.45) is 0 Å². The minimum Gasteiger partial charge on any atom is -0.374 e. The molecule has 0 unspecified atom stereocenters. The zero-order valence-electron chi connectivity index (χ0n) is 14.3. The third-order valence-corrected chi connectivity index (χ3v) is 5.73. The van der Waals surface area contributed by atoms with Gasteiger partial charge in [0.05, 0.1) is 6.04 Å². The summed E-state index contributed by atoms with van der Waals surface area (Å²) in [6.07, 6.45) is 2.50. The summed E-state index contributed by atoms with van der Waals surface area (Å²) in [5, 5.41) is 6.74. The number of hydrogen-bond donors (Lipinski definition) is 1. The summed E-state index contributed by atoms with van der Waals surface area (Å²) in [5.41, 5.74) is 5.41. The number of nitrogens with one attached hydrogen (secondary N) is 1. The Labute approximate surface area is 157 Å². The number of rotatable bonds is 1. The number of halogens is 1. The van der Waals surface area contributed by atoms with Crippen LogP contribution in [0.5, 0.6) is 0 Å². The van der Waals surface area contributed by atoms with E-state index in [1.165, 1.54) is 11.0 Å². The van der Waals surface area contributed by atoms with Gasteiger partial charge in [-0.3, -0.25) is 4.79 Å². The molecule has 0 aromatic heterocycles. The number of allylic oxidation sites excluding steroid dienone is 1. The summed E-state index contributed by atoms with van der Waals surface area (Å²) >= 11 is 6.07. The number of ketones is 1. The molecule has 0 radical (unpaired) electrons. The van der Waals surface area contributed by atoms with Crippen LogP contribution in [-0.2, 0) is 4.79 Å². The normalized spacial score (nSPS) is 19.1. The molecule has 0 saturated heterocycles. The molecule has 0 amide bonds. The molecule has 3 aromatic carbocycles. The van der Waals surface area contributed by atoms with Crippen molar-refractivity contribution >= 4 is 39.4 Å². The zero-order chi connectivity index (χ0) is 17.7. The van der Waals surface area contributed by atoms with Crippen LogP contribution in [0, 0.1) is 0 Å². The first kappa shape index (κ1) is 15.7. The summed E-state index contributed by atoms with van der Waals surface area (Å²) in [4.78, 5) is 13.0. The number of hydrogen-bond acceptors (Lipinski definition) is 2. The van der Waals surface area contributed by atoms with Crippen molar-refractivity contribution in [3.8, 4) is 0 Å². The van der Waals surface area contributed by atoms with Crippen molar-refractivity contribution in [1.29, 1.82) is 0 Å². The van der Waals surface area contributed by atoms with E-state index in [0.717, 1.165) is 45.6 Å². The van der Waals surface area contributed by atoms with Gasteiger partial charge in [-0.2, -0.15) is 0 Å². The summed E-state index contributed by atoms with van der Waals surface area (Å²) in [5.74, 6) is 0.268. The lowest BCUT2D eigenvalue weighted by molar-refractivity contribution is -0.114. The second-order valence-electron chi connectivity index (χ2n) is 7.02. The molecule has 1 N–H and O–H groups in total. The van der Waals surface area contributed by atoms with Gasteiger partial charge in [-0.15, -0.1) is 0 Å². The minimum absolute atomic E-state index is 0.0279. The lowest BCUT2D eigenvalue weighted by Crippen LogP contribution is -2.25. The van der Waals surface area contributed by atoms with Gasteiger partial charge in [-0.1, -0.05) is 54.1 Å². The summed E-state index contributed by atoms with van der Waals surface area (Å²) in [6, 6.07) is 20.5. The third kappa shape index (κ3) is 2.37. The van der Waals surface area contributed by atoms with Crippen molar-refractivity contribution in [3.63, 3.8) is 0 Å². The number of fused-ring (bicyclic) bond motifs is 4. The first-order valence-electron chi connectivity index (χ1n) is 9.03. The molecule has 0 spiro atoms. The molecule has 0 fully saturated rings. The van der Waals surface area contributed by atoms with E-state index in [1.807, 2.05) is 24.3 Å². The van der Waals surface area contributed by atoms with Gasteiger partial charge >= 0.3 is 0 Å². The van der Waals surface area contributed by atoms with E-state index in [1.54, 1.807) is 0 Å². The van der Waals surface area contributed by atoms with Gasteiger partial charge in [-0.05, 0) is 52.9 Å². The number of Topliss-reactive ketones (excluding diaryl/α,β-unsaturated/α-hetero) is 1. The second-order valence-corrected chi connectivity index (χ2v) is 7.45. The van der Waals surface area contributed by atoms with Gasteiger partial charge < -0.3 is 5.32 Å². The lowest BCUT2D eigenvalue weighted by atomic mass is 9.77. The maximum absolute atomic E-state index is 13.0. The van der Waals surface area contributed by atoms with Crippen LogP contribution in [-0.4, -0.2) is 5.78 Å². The highest BCUT2D eigenvalue weighted by atomic mass is 35.5. The van der Waals surface area contributed by atoms with Crippen LogP contribution in [0.25, 0.3) is 16.3 Å². The monoisotopic (exact) mass is 359 g/mol. The standard InChI is InChI=1S/C23H18ClNO/c24-16-11-8-15(9-12-16)23-18-6-3-7-20(26)22(18)21-17-5-2-1-4-14(17)10-13-19(21)25-23/h1-2,4-5,8-13,23,25H,3,6-7H2/t23-/m1/s1. The van der Waals surface area contributed by atoms with Gasteiger partial charge in [-0.25, -0.2) is 0 Å². The summed E-state index contributed by atoms with van der Waals surface area (Å²) in [7, 11) is 0. The first-order chi connectivity index (χ1) is 12.7. The molecule has 3 heteroatoms. The average Bonchev–Trinajstić information content (AvgIpc) is 2.68. The van der Waals surface area contributed by atoms with Crippen LogP contribution in [0.15, 0.2) is 66.2 Å². The second kappa shape index (κ2) is 6.00. The molecule has 2 aliphatic rings. The topological polar surface area (TPSA) is 29.1 Å². The predicted molar refractivity (Wildman–Crippen MR) is 108 cm³/mol. The highest BCUT2D eigenvalue weighted by Gasteiger charge is 2.34. The van der Waals surface area contributed by atoms with Gasteiger partial charge in [0, 0.05) is 28.3 Å².